The molecule has 1 atom stereocenters. The molecule has 0 aromatic rings. The van der Waals surface area contributed by atoms with E-state index in [1.807, 2.05) is 60.8 Å². The van der Waals surface area contributed by atoms with Crippen molar-refractivity contribution < 1.29 is 28.6 Å². The first kappa shape index (κ1) is 57.6. The average molecular weight is 849 g/mol. The van der Waals surface area contributed by atoms with Crippen LogP contribution in [0.3, 0.4) is 0 Å². The lowest BCUT2D eigenvalue weighted by molar-refractivity contribution is -0.167. The zero-order valence-electron chi connectivity index (χ0n) is 39.7. The summed E-state index contributed by atoms with van der Waals surface area (Å²) in [5.74, 6) is -0.948. The highest BCUT2D eigenvalue weighted by Gasteiger charge is 2.19. The molecular weight excluding hydrogens is 757 g/mol. The molecule has 61 heavy (non-hydrogen) atoms. The van der Waals surface area contributed by atoms with Gasteiger partial charge in [-0.3, -0.25) is 14.4 Å². The van der Waals surface area contributed by atoms with E-state index in [-0.39, 0.29) is 31.1 Å². The Morgan fingerprint density at radius 3 is 1.11 bits per heavy atom. The predicted octanol–water partition coefficient (Wildman–Crippen LogP) is 16.4. The maximum atomic E-state index is 12.8. The van der Waals surface area contributed by atoms with Gasteiger partial charge in [0.15, 0.2) is 6.10 Å². The number of hydrogen-bond donors (Lipinski definition) is 0. The first-order chi connectivity index (χ1) is 30.0. The highest BCUT2D eigenvalue weighted by Crippen LogP contribution is 2.15. The van der Waals surface area contributed by atoms with Crippen molar-refractivity contribution in [3.63, 3.8) is 0 Å². The van der Waals surface area contributed by atoms with Crippen molar-refractivity contribution >= 4 is 17.9 Å². The molecule has 0 aromatic heterocycles. The second-order valence-electron chi connectivity index (χ2n) is 16.5. The molecule has 0 aliphatic heterocycles. The molecule has 0 fully saturated rings. The molecule has 0 bridgehead atoms. The summed E-state index contributed by atoms with van der Waals surface area (Å²) in [6, 6.07) is 0. The number of carbonyl (C=O) groups excluding carboxylic acids is 3. The summed E-state index contributed by atoms with van der Waals surface area (Å²) in [5, 5.41) is 0. The van der Waals surface area contributed by atoms with Crippen molar-refractivity contribution in [2.24, 2.45) is 0 Å². The van der Waals surface area contributed by atoms with Gasteiger partial charge in [-0.2, -0.15) is 0 Å². The van der Waals surface area contributed by atoms with Crippen LogP contribution < -0.4 is 0 Å². The third-order valence-corrected chi connectivity index (χ3v) is 10.5. The molecule has 0 amide bonds. The first-order valence-corrected chi connectivity index (χ1v) is 25.2. The van der Waals surface area contributed by atoms with Crippen LogP contribution in [0.5, 0.6) is 0 Å². The number of esters is 3. The summed E-state index contributed by atoms with van der Waals surface area (Å²) in [5.41, 5.74) is 0. The highest BCUT2D eigenvalue weighted by atomic mass is 16.6. The number of allylic oxidation sites excluding steroid dienone is 14. The van der Waals surface area contributed by atoms with Gasteiger partial charge in [-0.25, -0.2) is 0 Å². The fourth-order valence-corrected chi connectivity index (χ4v) is 6.75. The van der Waals surface area contributed by atoms with Gasteiger partial charge in [-0.15, -0.1) is 0 Å². The van der Waals surface area contributed by atoms with Crippen molar-refractivity contribution in [3.05, 3.63) is 85.1 Å². The predicted molar refractivity (Wildman–Crippen MR) is 261 cm³/mol. The Hall–Kier alpha value is -3.41. The third-order valence-electron chi connectivity index (χ3n) is 10.5. The quantitative estimate of drug-likeness (QED) is 0.0200. The van der Waals surface area contributed by atoms with Crippen LogP contribution in [0.4, 0.5) is 0 Å². The van der Waals surface area contributed by atoms with Crippen molar-refractivity contribution in [3.8, 4) is 0 Å². The topological polar surface area (TPSA) is 78.9 Å². The normalized spacial score (nSPS) is 12.8. The fourth-order valence-electron chi connectivity index (χ4n) is 6.75. The van der Waals surface area contributed by atoms with E-state index in [0.717, 1.165) is 83.5 Å². The Labute approximate surface area is 375 Å². The zero-order valence-corrected chi connectivity index (χ0v) is 39.7. The van der Waals surface area contributed by atoms with Gasteiger partial charge >= 0.3 is 17.9 Å². The molecule has 348 valence electrons. The minimum Gasteiger partial charge on any atom is -0.462 e. The molecular formula is C55H92O6. The maximum absolute atomic E-state index is 12.8. The number of carbonyl (C=O) groups is 3. The molecule has 0 rings (SSSR count). The molecule has 0 saturated carbocycles. The van der Waals surface area contributed by atoms with E-state index in [2.05, 4.69) is 45.1 Å². The Kier molecular flexibility index (Phi) is 46.5. The van der Waals surface area contributed by atoms with Gasteiger partial charge in [0, 0.05) is 19.3 Å². The van der Waals surface area contributed by atoms with Crippen LogP contribution in [0.15, 0.2) is 85.1 Å². The SMILES string of the molecule is CC\C=C/C=C\C=C/C=C\C=C\C=C/CCCCCC(=O)OCC(COC(=O)CCCCCCC/C=C\CCCC)OC(=O)CCCCCCCCCCCCCCCCC. The summed E-state index contributed by atoms with van der Waals surface area (Å²) in [6.45, 7) is 6.41. The minimum atomic E-state index is -0.795. The van der Waals surface area contributed by atoms with Gasteiger partial charge in [0.2, 0.25) is 0 Å². The standard InChI is InChI=1S/C55H92O6/c1-4-7-10-13-16-19-22-24-26-27-29-30-33-36-39-42-45-48-54(57)60-51-52(50-59-53(56)47-44-41-38-35-32-21-18-15-12-9-6-3)61-55(58)49-46-43-40-37-34-31-28-25-23-20-17-14-11-8-5-2/h7,10,13,15-16,18-19,22,24,26-27,29-30,33,52H,4-6,8-9,11-12,14,17,20-21,23,25,28,31-32,34-51H2,1-3H3/b10-7-,16-13-,18-15-,22-19-,26-24-,29-27+,33-30-. The van der Waals surface area contributed by atoms with Gasteiger partial charge in [0.1, 0.15) is 13.2 Å². The number of unbranched alkanes of at least 4 members (excludes halogenated alkanes) is 24. The second-order valence-corrected chi connectivity index (χ2v) is 16.5. The van der Waals surface area contributed by atoms with Gasteiger partial charge in [-0.05, 0) is 57.8 Å². The monoisotopic (exact) mass is 849 g/mol. The lowest BCUT2D eigenvalue weighted by Crippen LogP contribution is -2.30. The summed E-state index contributed by atoms with van der Waals surface area (Å²) < 4.78 is 16.7. The maximum Gasteiger partial charge on any atom is 0.306 e. The Balaban J connectivity index is 4.47. The first-order valence-electron chi connectivity index (χ1n) is 25.2. The molecule has 0 radical (unpaired) electrons. The van der Waals surface area contributed by atoms with Crippen LogP contribution >= 0.6 is 0 Å². The van der Waals surface area contributed by atoms with E-state index in [4.69, 9.17) is 14.2 Å². The van der Waals surface area contributed by atoms with Gasteiger partial charge < -0.3 is 14.2 Å². The molecule has 1 unspecified atom stereocenters. The van der Waals surface area contributed by atoms with Gasteiger partial charge in [-0.1, -0.05) is 234 Å². The highest BCUT2D eigenvalue weighted by molar-refractivity contribution is 5.71. The zero-order chi connectivity index (χ0) is 44.4. The van der Waals surface area contributed by atoms with Crippen LogP contribution in [0.1, 0.15) is 226 Å². The summed E-state index contributed by atoms with van der Waals surface area (Å²) in [7, 11) is 0. The van der Waals surface area contributed by atoms with Gasteiger partial charge in [0.25, 0.3) is 0 Å². The molecule has 6 heteroatoms. The molecule has 0 aromatic carbocycles. The van der Waals surface area contributed by atoms with Crippen LogP contribution in [-0.4, -0.2) is 37.2 Å². The lowest BCUT2D eigenvalue weighted by Gasteiger charge is -2.18. The fraction of sp³-hybridized carbons (Fsp3) is 0.691. The van der Waals surface area contributed by atoms with Crippen molar-refractivity contribution in [2.75, 3.05) is 13.2 Å². The van der Waals surface area contributed by atoms with Gasteiger partial charge in [0.05, 0.1) is 0 Å². The Morgan fingerprint density at radius 2 is 0.672 bits per heavy atom. The number of hydrogen-bond acceptors (Lipinski definition) is 6. The van der Waals surface area contributed by atoms with Crippen LogP contribution in [-0.2, 0) is 28.6 Å². The van der Waals surface area contributed by atoms with E-state index in [1.165, 1.54) is 103 Å². The van der Waals surface area contributed by atoms with Crippen molar-refractivity contribution in [1.82, 2.24) is 0 Å². The van der Waals surface area contributed by atoms with E-state index < -0.39 is 6.10 Å². The van der Waals surface area contributed by atoms with Crippen LogP contribution in [0.25, 0.3) is 0 Å². The number of ether oxygens (including phenoxy) is 3. The lowest BCUT2D eigenvalue weighted by atomic mass is 10.0. The molecule has 0 heterocycles. The Morgan fingerprint density at radius 1 is 0.344 bits per heavy atom. The van der Waals surface area contributed by atoms with E-state index in [9.17, 15) is 14.4 Å². The minimum absolute atomic E-state index is 0.0946. The van der Waals surface area contributed by atoms with Crippen LogP contribution in [0, 0.1) is 0 Å². The average Bonchev–Trinajstić information content (AvgIpc) is 3.26. The van der Waals surface area contributed by atoms with E-state index >= 15 is 0 Å². The van der Waals surface area contributed by atoms with E-state index in [0.29, 0.717) is 19.3 Å². The summed E-state index contributed by atoms with van der Waals surface area (Å²) in [6.07, 6.45) is 62.7. The third kappa shape index (κ3) is 47.5. The number of rotatable bonds is 44. The summed E-state index contributed by atoms with van der Waals surface area (Å²) in [4.78, 5) is 37.9. The molecule has 0 N–H and O–H groups in total. The molecule has 6 nitrogen and oxygen atoms in total. The van der Waals surface area contributed by atoms with Crippen LogP contribution in [0.2, 0.25) is 0 Å². The largest absolute Gasteiger partial charge is 0.462 e. The van der Waals surface area contributed by atoms with E-state index in [1.54, 1.807) is 0 Å². The van der Waals surface area contributed by atoms with Crippen molar-refractivity contribution in [1.29, 1.82) is 0 Å². The summed E-state index contributed by atoms with van der Waals surface area (Å²) >= 11 is 0. The molecule has 0 aliphatic rings. The van der Waals surface area contributed by atoms with Crippen molar-refractivity contribution in [2.45, 2.75) is 232 Å². The smallest absolute Gasteiger partial charge is 0.306 e. The molecule has 0 saturated heterocycles. The molecule has 0 aliphatic carbocycles. The second kappa shape index (κ2) is 49.2. The Bertz CT molecular complexity index is 1200. The molecule has 0 spiro atoms.